The van der Waals surface area contributed by atoms with Crippen LogP contribution in [0.1, 0.15) is 0 Å². The zero-order valence-corrected chi connectivity index (χ0v) is 6.43. The van der Waals surface area contributed by atoms with Gasteiger partial charge < -0.3 is 11.5 Å². The van der Waals surface area contributed by atoms with E-state index in [2.05, 4.69) is 9.97 Å². The average Bonchev–Trinajstić information content (AvgIpc) is 2.27. The van der Waals surface area contributed by atoms with E-state index in [9.17, 15) is 0 Å². The monoisotopic (exact) mass is 166 g/mol. The molecule has 11 heavy (non-hydrogen) atoms. The average molecular weight is 166 g/mol. The molecule has 56 valence electrons. The molecule has 0 bridgehead atoms. The van der Waals surface area contributed by atoms with E-state index in [1.807, 2.05) is 6.07 Å². The minimum absolute atomic E-state index is 0.501. The van der Waals surface area contributed by atoms with Crippen molar-refractivity contribution in [3.05, 3.63) is 12.1 Å². The van der Waals surface area contributed by atoms with Gasteiger partial charge in [0, 0.05) is 0 Å². The zero-order chi connectivity index (χ0) is 7.84. The van der Waals surface area contributed by atoms with Crippen LogP contribution in [-0.2, 0) is 0 Å². The first-order chi connectivity index (χ1) is 5.25. The number of rotatable bonds is 0. The predicted molar refractivity (Wildman–Crippen MR) is 46.2 cm³/mol. The van der Waals surface area contributed by atoms with Crippen molar-refractivity contribution in [1.29, 1.82) is 0 Å². The van der Waals surface area contributed by atoms with Gasteiger partial charge in [-0.15, -0.1) is 0 Å². The number of aromatic nitrogens is 2. The van der Waals surface area contributed by atoms with Crippen molar-refractivity contribution in [3.63, 3.8) is 0 Å². The maximum atomic E-state index is 5.47. The number of fused-ring (bicyclic) bond motifs is 1. The summed E-state index contributed by atoms with van der Waals surface area (Å²) in [5, 5.41) is 0.526. The number of nitrogen functional groups attached to an aromatic ring is 2. The molecular weight excluding hydrogens is 160 g/mol. The van der Waals surface area contributed by atoms with E-state index in [-0.39, 0.29) is 0 Å². The lowest BCUT2D eigenvalue weighted by Gasteiger charge is -1.88. The van der Waals surface area contributed by atoms with Gasteiger partial charge >= 0.3 is 0 Å². The van der Waals surface area contributed by atoms with Gasteiger partial charge in [0.1, 0.15) is 16.2 Å². The fourth-order valence-electron chi connectivity index (χ4n) is 0.848. The molecule has 0 aliphatic rings. The second-order valence-corrected chi connectivity index (χ2v) is 3.12. The van der Waals surface area contributed by atoms with Crippen molar-refractivity contribution in [1.82, 2.24) is 9.97 Å². The number of hydrogen-bond donors (Lipinski definition) is 2. The molecule has 0 fully saturated rings. The molecule has 4 nitrogen and oxygen atoms in total. The van der Waals surface area contributed by atoms with Gasteiger partial charge in [-0.1, -0.05) is 11.3 Å². The number of thiazole rings is 1. The smallest absolute Gasteiger partial charge is 0.182 e. The molecule has 0 aliphatic heterocycles. The molecule has 5 heteroatoms. The minimum atomic E-state index is 0.501. The Morgan fingerprint density at radius 1 is 1.18 bits per heavy atom. The third-order valence-corrected chi connectivity index (χ3v) is 2.09. The van der Waals surface area contributed by atoms with E-state index in [1.165, 1.54) is 11.3 Å². The molecule has 0 spiro atoms. The van der Waals surface area contributed by atoms with E-state index in [4.69, 9.17) is 11.5 Å². The van der Waals surface area contributed by atoms with Crippen LogP contribution < -0.4 is 11.5 Å². The van der Waals surface area contributed by atoms with Crippen LogP contribution in [0.4, 0.5) is 10.9 Å². The van der Waals surface area contributed by atoms with Crippen LogP contribution in [0.3, 0.4) is 0 Å². The Labute approximate surface area is 66.9 Å². The summed E-state index contributed by atoms with van der Waals surface area (Å²) in [6.07, 6.45) is 0. The Morgan fingerprint density at radius 2 is 2.00 bits per heavy atom. The summed E-state index contributed by atoms with van der Waals surface area (Å²) in [7, 11) is 0. The lowest BCUT2D eigenvalue weighted by molar-refractivity contribution is 1.41. The summed E-state index contributed by atoms with van der Waals surface area (Å²) in [5.74, 6) is 0.501. The van der Waals surface area contributed by atoms with Crippen LogP contribution in [0.25, 0.3) is 10.3 Å². The Hall–Kier alpha value is -1.36. The van der Waals surface area contributed by atoms with Gasteiger partial charge in [-0.2, -0.15) is 0 Å². The van der Waals surface area contributed by atoms with E-state index in [0.717, 1.165) is 10.3 Å². The molecule has 2 heterocycles. The van der Waals surface area contributed by atoms with Crippen LogP contribution in [-0.4, -0.2) is 9.97 Å². The largest absolute Gasteiger partial charge is 0.384 e. The Bertz CT molecular complexity index is 394. The second-order valence-electron chi connectivity index (χ2n) is 2.11. The van der Waals surface area contributed by atoms with E-state index in [1.54, 1.807) is 6.07 Å². The van der Waals surface area contributed by atoms with Gasteiger partial charge in [0.2, 0.25) is 0 Å². The molecule has 2 aromatic heterocycles. The molecule has 0 radical (unpaired) electrons. The molecule has 0 saturated carbocycles. The summed E-state index contributed by atoms with van der Waals surface area (Å²) in [6.45, 7) is 0. The quantitative estimate of drug-likeness (QED) is 0.608. The van der Waals surface area contributed by atoms with Crippen LogP contribution in [0.2, 0.25) is 0 Å². The summed E-state index contributed by atoms with van der Waals surface area (Å²) < 4.78 is 0. The summed E-state index contributed by atoms with van der Waals surface area (Å²) in [4.78, 5) is 8.88. The number of anilines is 2. The lowest BCUT2D eigenvalue weighted by Crippen LogP contribution is -1.87. The second kappa shape index (κ2) is 2.06. The van der Waals surface area contributed by atoms with Crippen LogP contribution in [0, 0.1) is 0 Å². The molecule has 0 atom stereocenters. The van der Waals surface area contributed by atoms with E-state index in [0.29, 0.717) is 10.9 Å². The van der Waals surface area contributed by atoms with Crippen molar-refractivity contribution < 1.29 is 0 Å². The van der Waals surface area contributed by atoms with Crippen molar-refractivity contribution in [2.45, 2.75) is 0 Å². The molecule has 0 aromatic carbocycles. The van der Waals surface area contributed by atoms with Gasteiger partial charge in [-0.05, 0) is 12.1 Å². The Balaban J connectivity index is 2.82. The highest BCUT2D eigenvalue weighted by Gasteiger charge is 2.00. The highest BCUT2D eigenvalue weighted by atomic mass is 32.1. The SMILES string of the molecule is Nc1ccc2nc(N)sc2n1. The number of hydrogen-bond acceptors (Lipinski definition) is 5. The molecule has 0 amide bonds. The highest BCUT2D eigenvalue weighted by Crippen LogP contribution is 2.21. The predicted octanol–water partition coefficient (Wildman–Crippen LogP) is 0.856. The van der Waals surface area contributed by atoms with Crippen molar-refractivity contribution in [2.24, 2.45) is 0 Å². The molecule has 2 aromatic rings. The third-order valence-electron chi connectivity index (χ3n) is 1.29. The van der Waals surface area contributed by atoms with Gasteiger partial charge in [0.05, 0.1) is 0 Å². The minimum Gasteiger partial charge on any atom is -0.384 e. The van der Waals surface area contributed by atoms with E-state index < -0.39 is 0 Å². The molecular formula is C6H6N4S. The zero-order valence-electron chi connectivity index (χ0n) is 5.61. The first kappa shape index (κ1) is 6.36. The molecule has 0 saturated heterocycles. The number of pyridine rings is 1. The maximum absolute atomic E-state index is 5.47. The standard InChI is InChI=1S/C6H6N4S/c7-4-2-1-3-5(10-4)11-6(8)9-3/h1-2H,(H2,7,10)(H2,8,9). The van der Waals surface area contributed by atoms with Gasteiger partial charge in [0.25, 0.3) is 0 Å². The van der Waals surface area contributed by atoms with Gasteiger partial charge in [0.15, 0.2) is 5.13 Å². The van der Waals surface area contributed by atoms with Crippen molar-refractivity contribution in [3.8, 4) is 0 Å². The van der Waals surface area contributed by atoms with Crippen LogP contribution in [0.15, 0.2) is 12.1 Å². The summed E-state index contributed by atoms with van der Waals surface area (Å²) in [6, 6.07) is 3.52. The third kappa shape index (κ3) is 0.988. The maximum Gasteiger partial charge on any atom is 0.182 e. The number of nitrogens with two attached hydrogens (primary N) is 2. The fourth-order valence-corrected chi connectivity index (χ4v) is 1.56. The van der Waals surface area contributed by atoms with Crippen LogP contribution in [0.5, 0.6) is 0 Å². The summed E-state index contributed by atoms with van der Waals surface area (Å²) in [5.41, 5.74) is 11.7. The highest BCUT2D eigenvalue weighted by molar-refractivity contribution is 7.21. The lowest BCUT2D eigenvalue weighted by atomic mass is 10.4. The molecule has 0 unspecified atom stereocenters. The topological polar surface area (TPSA) is 77.8 Å². The molecule has 4 N–H and O–H groups in total. The Morgan fingerprint density at radius 3 is 2.82 bits per heavy atom. The summed E-state index contributed by atoms with van der Waals surface area (Å²) >= 11 is 1.34. The molecule has 0 aliphatic carbocycles. The van der Waals surface area contributed by atoms with E-state index >= 15 is 0 Å². The van der Waals surface area contributed by atoms with Gasteiger partial charge in [-0.3, -0.25) is 0 Å². The fraction of sp³-hybridized carbons (Fsp3) is 0. The van der Waals surface area contributed by atoms with Gasteiger partial charge in [-0.25, -0.2) is 9.97 Å². The normalized spacial score (nSPS) is 10.5. The van der Waals surface area contributed by atoms with Crippen molar-refractivity contribution in [2.75, 3.05) is 11.5 Å². The first-order valence-electron chi connectivity index (χ1n) is 3.04. The Kier molecular flexibility index (Phi) is 1.19. The molecule has 2 rings (SSSR count). The first-order valence-corrected chi connectivity index (χ1v) is 3.86. The van der Waals surface area contributed by atoms with Crippen molar-refractivity contribution >= 4 is 32.6 Å². The number of nitrogens with zero attached hydrogens (tertiary/aromatic N) is 2. The van der Waals surface area contributed by atoms with Crippen LogP contribution >= 0.6 is 11.3 Å².